The first kappa shape index (κ1) is 14.9. The fraction of sp³-hybridized carbons (Fsp3) is 0.357. The highest BCUT2D eigenvalue weighted by Gasteiger charge is 2.30. The topological polar surface area (TPSA) is 71.2 Å². The number of hydrogen-bond donors (Lipinski definition) is 1. The van der Waals surface area contributed by atoms with Crippen molar-refractivity contribution in [2.45, 2.75) is 25.4 Å². The Labute approximate surface area is 131 Å². The number of hydrogen-bond acceptors (Lipinski definition) is 4. The minimum Gasteiger partial charge on any atom is -0.480 e. The molecule has 1 aliphatic heterocycles. The SMILES string of the molecule is O=C(O)C1CCCN1Cc1cn(-c2ccc(F)cc2Cl)nn1. The molecule has 0 radical (unpaired) electrons. The summed E-state index contributed by atoms with van der Waals surface area (Å²) in [5.74, 6) is -1.23. The van der Waals surface area contributed by atoms with Gasteiger partial charge in [-0.05, 0) is 37.6 Å². The van der Waals surface area contributed by atoms with E-state index in [0.29, 0.717) is 24.3 Å². The molecular formula is C14H14ClFN4O2. The average Bonchev–Trinajstić information content (AvgIpc) is 3.08. The van der Waals surface area contributed by atoms with Gasteiger partial charge in [0.15, 0.2) is 0 Å². The van der Waals surface area contributed by atoms with Gasteiger partial charge in [0.25, 0.3) is 0 Å². The second kappa shape index (κ2) is 6.02. The van der Waals surface area contributed by atoms with Crippen LogP contribution >= 0.6 is 11.6 Å². The molecule has 0 amide bonds. The maximum atomic E-state index is 13.1. The summed E-state index contributed by atoms with van der Waals surface area (Å²) in [4.78, 5) is 13.0. The molecule has 1 unspecified atom stereocenters. The van der Waals surface area contributed by atoms with Crippen LogP contribution in [0.15, 0.2) is 24.4 Å². The Hall–Kier alpha value is -1.99. The van der Waals surface area contributed by atoms with Crippen molar-refractivity contribution in [3.8, 4) is 5.69 Å². The molecule has 6 nitrogen and oxygen atoms in total. The summed E-state index contributed by atoms with van der Waals surface area (Å²) in [6, 6.07) is 3.55. The molecule has 0 spiro atoms. The predicted molar refractivity (Wildman–Crippen MR) is 77.4 cm³/mol. The lowest BCUT2D eigenvalue weighted by Gasteiger charge is -2.19. The molecule has 1 atom stereocenters. The standard InChI is InChI=1S/C14H14ClFN4O2/c15-11-6-9(16)3-4-12(11)20-8-10(17-18-20)7-19-5-1-2-13(19)14(21)22/h3-4,6,8,13H,1-2,5,7H2,(H,21,22). The number of carbonyl (C=O) groups is 1. The van der Waals surface area contributed by atoms with Crippen LogP contribution in [0.25, 0.3) is 5.69 Å². The van der Waals surface area contributed by atoms with Crippen molar-refractivity contribution < 1.29 is 14.3 Å². The Morgan fingerprint density at radius 3 is 3.05 bits per heavy atom. The van der Waals surface area contributed by atoms with Crippen LogP contribution in [0.4, 0.5) is 4.39 Å². The largest absolute Gasteiger partial charge is 0.480 e. The first-order valence-corrected chi connectivity index (χ1v) is 7.26. The van der Waals surface area contributed by atoms with Crippen LogP contribution in [0.5, 0.6) is 0 Å². The molecule has 0 saturated carbocycles. The van der Waals surface area contributed by atoms with Crippen LogP contribution in [0, 0.1) is 5.82 Å². The molecule has 2 heterocycles. The van der Waals surface area contributed by atoms with Crippen LogP contribution in [0.1, 0.15) is 18.5 Å². The highest BCUT2D eigenvalue weighted by Crippen LogP contribution is 2.22. The maximum Gasteiger partial charge on any atom is 0.320 e. The zero-order chi connectivity index (χ0) is 15.7. The molecule has 0 bridgehead atoms. The van der Waals surface area contributed by atoms with E-state index >= 15 is 0 Å². The molecule has 2 aromatic rings. The second-order valence-corrected chi connectivity index (χ2v) is 5.62. The number of aromatic nitrogens is 3. The monoisotopic (exact) mass is 324 g/mol. The van der Waals surface area contributed by atoms with Gasteiger partial charge in [-0.15, -0.1) is 5.10 Å². The van der Waals surface area contributed by atoms with E-state index in [4.69, 9.17) is 11.6 Å². The van der Waals surface area contributed by atoms with Gasteiger partial charge in [-0.25, -0.2) is 9.07 Å². The van der Waals surface area contributed by atoms with Crippen LogP contribution in [0.2, 0.25) is 5.02 Å². The van der Waals surface area contributed by atoms with E-state index in [1.807, 2.05) is 4.90 Å². The summed E-state index contributed by atoms with van der Waals surface area (Å²) in [7, 11) is 0. The molecule has 1 N–H and O–H groups in total. The van der Waals surface area contributed by atoms with E-state index in [0.717, 1.165) is 13.0 Å². The van der Waals surface area contributed by atoms with Gasteiger partial charge in [-0.2, -0.15) is 0 Å². The Balaban J connectivity index is 1.78. The summed E-state index contributed by atoms with van der Waals surface area (Å²) in [5, 5.41) is 17.4. The third-order valence-electron chi connectivity index (χ3n) is 3.71. The molecule has 1 saturated heterocycles. The average molecular weight is 325 g/mol. The zero-order valence-corrected chi connectivity index (χ0v) is 12.4. The van der Waals surface area contributed by atoms with E-state index in [1.54, 1.807) is 6.20 Å². The van der Waals surface area contributed by atoms with Crippen molar-refractivity contribution in [2.24, 2.45) is 0 Å². The highest BCUT2D eigenvalue weighted by atomic mass is 35.5. The molecule has 22 heavy (non-hydrogen) atoms. The van der Waals surface area contributed by atoms with E-state index < -0.39 is 17.8 Å². The van der Waals surface area contributed by atoms with Crippen LogP contribution in [-0.4, -0.2) is 43.6 Å². The molecular weight excluding hydrogens is 311 g/mol. The molecule has 0 aliphatic carbocycles. The van der Waals surface area contributed by atoms with Gasteiger partial charge in [0.05, 0.1) is 22.6 Å². The predicted octanol–water partition coefficient (Wildman–Crippen LogP) is 2.11. The van der Waals surface area contributed by atoms with E-state index in [2.05, 4.69) is 10.3 Å². The number of rotatable bonds is 4. The maximum absolute atomic E-state index is 13.1. The number of likely N-dealkylation sites (tertiary alicyclic amines) is 1. The van der Waals surface area contributed by atoms with Crippen LogP contribution < -0.4 is 0 Å². The van der Waals surface area contributed by atoms with Crippen molar-refractivity contribution in [2.75, 3.05) is 6.54 Å². The lowest BCUT2D eigenvalue weighted by atomic mass is 10.2. The first-order valence-electron chi connectivity index (χ1n) is 6.88. The van der Waals surface area contributed by atoms with Gasteiger partial charge < -0.3 is 5.11 Å². The Morgan fingerprint density at radius 2 is 2.32 bits per heavy atom. The summed E-state index contributed by atoms with van der Waals surface area (Å²) >= 11 is 5.99. The molecule has 8 heteroatoms. The lowest BCUT2D eigenvalue weighted by molar-refractivity contribution is -0.142. The Morgan fingerprint density at radius 1 is 1.50 bits per heavy atom. The van der Waals surface area contributed by atoms with Gasteiger partial charge in [-0.1, -0.05) is 16.8 Å². The molecule has 1 aliphatic rings. The Bertz CT molecular complexity index is 706. The second-order valence-electron chi connectivity index (χ2n) is 5.22. The molecule has 3 rings (SSSR count). The minimum absolute atomic E-state index is 0.237. The fourth-order valence-electron chi connectivity index (χ4n) is 2.66. The Kier molecular flexibility index (Phi) is 4.08. The first-order chi connectivity index (χ1) is 10.5. The summed E-state index contributed by atoms with van der Waals surface area (Å²) < 4.78 is 14.5. The van der Waals surface area contributed by atoms with Gasteiger partial charge in [0.1, 0.15) is 11.9 Å². The third kappa shape index (κ3) is 2.95. The van der Waals surface area contributed by atoms with Gasteiger partial charge in [0, 0.05) is 6.54 Å². The van der Waals surface area contributed by atoms with Gasteiger partial charge in [-0.3, -0.25) is 9.69 Å². The normalized spacial score (nSPS) is 18.7. The number of aliphatic carboxylic acids is 1. The number of carboxylic acids is 1. The van der Waals surface area contributed by atoms with Crippen molar-refractivity contribution >= 4 is 17.6 Å². The number of benzene rings is 1. The highest BCUT2D eigenvalue weighted by molar-refractivity contribution is 6.32. The van der Waals surface area contributed by atoms with Crippen molar-refractivity contribution in [1.82, 2.24) is 19.9 Å². The lowest BCUT2D eigenvalue weighted by Crippen LogP contribution is -2.35. The van der Waals surface area contributed by atoms with E-state index in [1.165, 1.54) is 22.9 Å². The zero-order valence-electron chi connectivity index (χ0n) is 11.6. The van der Waals surface area contributed by atoms with E-state index in [9.17, 15) is 14.3 Å². The number of nitrogens with zero attached hydrogens (tertiary/aromatic N) is 4. The number of halogens is 2. The molecule has 116 valence electrons. The van der Waals surface area contributed by atoms with Crippen molar-refractivity contribution in [3.63, 3.8) is 0 Å². The minimum atomic E-state index is -0.813. The third-order valence-corrected chi connectivity index (χ3v) is 4.01. The van der Waals surface area contributed by atoms with Gasteiger partial charge >= 0.3 is 5.97 Å². The van der Waals surface area contributed by atoms with E-state index in [-0.39, 0.29) is 5.02 Å². The van der Waals surface area contributed by atoms with Crippen LogP contribution in [0.3, 0.4) is 0 Å². The summed E-state index contributed by atoms with van der Waals surface area (Å²) in [6.07, 6.45) is 3.18. The van der Waals surface area contributed by atoms with Crippen molar-refractivity contribution in [1.29, 1.82) is 0 Å². The molecule has 1 aromatic carbocycles. The number of carboxylic acid groups (broad SMARTS) is 1. The van der Waals surface area contributed by atoms with Crippen molar-refractivity contribution in [3.05, 3.63) is 40.9 Å². The molecule has 1 fully saturated rings. The quantitative estimate of drug-likeness (QED) is 0.932. The van der Waals surface area contributed by atoms with Gasteiger partial charge in [0.2, 0.25) is 0 Å². The summed E-state index contributed by atoms with van der Waals surface area (Å²) in [5.41, 5.74) is 1.17. The van der Waals surface area contributed by atoms with Crippen LogP contribution in [-0.2, 0) is 11.3 Å². The summed E-state index contributed by atoms with van der Waals surface area (Å²) in [6.45, 7) is 1.14. The smallest absolute Gasteiger partial charge is 0.320 e. The molecule has 1 aromatic heterocycles. The fourth-order valence-corrected chi connectivity index (χ4v) is 2.91.